The summed E-state index contributed by atoms with van der Waals surface area (Å²) < 4.78 is 5.45. The predicted molar refractivity (Wildman–Crippen MR) is 77.7 cm³/mol. The molecule has 1 atom stereocenters. The van der Waals surface area contributed by atoms with Gasteiger partial charge in [0.15, 0.2) is 10.4 Å². The molecule has 0 aliphatic heterocycles. The smallest absolute Gasteiger partial charge is 0.308 e. The van der Waals surface area contributed by atoms with E-state index in [1.54, 1.807) is 19.9 Å². The van der Waals surface area contributed by atoms with E-state index in [0.29, 0.717) is 4.67 Å². The summed E-state index contributed by atoms with van der Waals surface area (Å²) in [5.41, 5.74) is 0. The highest BCUT2D eigenvalue weighted by atomic mass is 79.9. The van der Waals surface area contributed by atoms with E-state index in [1.165, 1.54) is 6.07 Å². The van der Waals surface area contributed by atoms with E-state index < -0.39 is 23.7 Å². The highest BCUT2D eigenvalue weighted by molar-refractivity contribution is 9.10. The fraction of sp³-hybridized carbons (Fsp3) is 0.462. The van der Waals surface area contributed by atoms with Gasteiger partial charge in [-0.1, -0.05) is 13.8 Å². The van der Waals surface area contributed by atoms with E-state index in [2.05, 4.69) is 26.6 Å². The molecule has 116 valence electrons. The van der Waals surface area contributed by atoms with Crippen molar-refractivity contribution >= 4 is 33.7 Å². The van der Waals surface area contributed by atoms with Crippen LogP contribution in [0.25, 0.3) is 0 Å². The van der Waals surface area contributed by atoms with E-state index in [9.17, 15) is 14.4 Å². The first kappa shape index (κ1) is 17.2. The lowest BCUT2D eigenvalue weighted by molar-refractivity contribution is -0.143. The normalized spacial score (nSPS) is 12.0. The van der Waals surface area contributed by atoms with Gasteiger partial charge in [0, 0.05) is 6.54 Å². The third-order valence-corrected chi connectivity index (χ3v) is 3.27. The number of halogens is 1. The van der Waals surface area contributed by atoms with E-state index in [1.807, 2.05) is 0 Å². The van der Waals surface area contributed by atoms with Gasteiger partial charge in [-0.15, -0.1) is 0 Å². The molecule has 1 aromatic heterocycles. The topological polar surface area (TPSA) is 109 Å². The molecule has 3 N–H and O–H groups in total. The van der Waals surface area contributed by atoms with Crippen molar-refractivity contribution in [3.8, 4) is 0 Å². The highest BCUT2D eigenvalue weighted by Crippen LogP contribution is 2.13. The van der Waals surface area contributed by atoms with Crippen LogP contribution in [0.3, 0.4) is 0 Å². The second kappa shape index (κ2) is 7.82. The quantitative estimate of drug-likeness (QED) is 0.677. The maximum Gasteiger partial charge on any atom is 0.308 e. The van der Waals surface area contributed by atoms with Crippen LogP contribution >= 0.6 is 15.9 Å². The number of carbonyl (C=O) groups excluding carboxylic acids is 2. The van der Waals surface area contributed by atoms with Crippen molar-refractivity contribution in [2.24, 2.45) is 11.8 Å². The molecule has 0 saturated heterocycles. The molecule has 8 heteroatoms. The summed E-state index contributed by atoms with van der Waals surface area (Å²) >= 11 is 3.07. The first-order valence-electron chi connectivity index (χ1n) is 6.34. The first-order chi connectivity index (χ1) is 9.81. The maximum absolute atomic E-state index is 11.6. The van der Waals surface area contributed by atoms with Crippen LogP contribution in [0.2, 0.25) is 0 Å². The number of aliphatic carboxylic acids is 1. The van der Waals surface area contributed by atoms with Gasteiger partial charge < -0.3 is 20.2 Å². The molecule has 0 bridgehead atoms. The Hall–Kier alpha value is -1.83. The molecule has 0 aliphatic rings. The van der Waals surface area contributed by atoms with Gasteiger partial charge in [-0.05, 0) is 34.0 Å². The molecule has 1 unspecified atom stereocenters. The number of carboxylic acid groups (broad SMARTS) is 1. The Morgan fingerprint density at radius 2 is 1.95 bits per heavy atom. The molecule has 0 aliphatic carbocycles. The monoisotopic (exact) mass is 360 g/mol. The Kier molecular flexibility index (Phi) is 6.41. The summed E-state index contributed by atoms with van der Waals surface area (Å²) in [6.07, 6.45) is 0. The van der Waals surface area contributed by atoms with Crippen molar-refractivity contribution in [1.29, 1.82) is 0 Å². The Morgan fingerprint density at radius 3 is 2.43 bits per heavy atom. The molecule has 2 amide bonds. The summed E-state index contributed by atoms with van der Waals surface area (Å²) in [6.45, 7) is 3.30. The van der Waals surface area contributed by atoms with E-state index in [4.69, 9.17) is 9.52 Å². The number of amides is 2. The molecule has 7 nitrogen and oxygen atoms in total. The second-order valence-electron chi connectivity index (χ2n) is 4.78. The van der Waals surface area contributed by atoms with Gasteiger partial charge in [0.2, 0.25) is 5.91 Å². The number of rotatable bonds is 7. The Bertz CT molecular complexity index is 526. The number of nitrogens with one attached hydrogen (secondary N) is 2. The molecule has 1 aromatic rings. The van der Waals surface area contributed by atoms with Crippen LogP contribution in [0, 0.1) is 11.8 Å². The number of furan rings is 1. The molecule has 0 fully saturated rings. The summed E-state index contributed by atoms with van der Waals surface area (Å²) in [5.74, 6) is -2.62. The Labute approximate surface area is 130 Å². The number of carbonyl (C=O) groups is 3. The minimum atomic E-state index is -0.963. The maximum atomic E-state index is 11.6. The Morgan fingerprint density at radius 1 is 1.29 bits per heavy atom. The fourth-order valence-electron chi connectivity index (χ4n) is 1.58. The lowest BCUT2D eigenvalue weighted by Crippen LogP contribution is -2.41. The molecule has 0 saturated carbocycles. The van der Waals surface area contributed by atoms with Crippen LogP contribution in [-0.4, -0.2) is 36.0 Å². The van der Waals surface area contributed by atoms with Gasteiger partial charge in [-0.25, -0.2) is 0 Å². The molecule has 0 radical (unpaired) electrons. The summed E-state index contributed by atoms with van der Waals surface area (Å²) in [6, 6.07) is 3.03. The van der Waals surface area contributed by atoms with Gasteiger partial charge in [-0.2, -0.15) is 0 Å². The number of hydrogen-bond acceptors (Lipinski definition) is 4. The molecule has 1 rings (SSSR count). The molecular weight excluding hydrogens is 344 g/mol. The predicted octanol–water partition coefficient (Wildman–Crippen LogP) is 1.24. The lowest BCUT2D eigenvalue weighted by atomic mass is 9.96. The zero-order chi connectivity index (χ0) is 16.0. The third kappa shape index (κ3) is 5.58. The number of carboxylic acids is 1. The van der Waals surface area contributed by atoms with Crippen molar-refractivity contribution in [3.05, 3.63) is 22.6 Å². The second-order valence-corrected chi connectivity index (χ2v) is 5.56. The van der Waals surface area contributed by atoms with Crippen LogP contribution in [0.4, 0.5) is 0 Å². The van der Waals surface area contributed by atoms with E-state index in [-0.39, 0.29) is 24.8 Å². The Balaban J connectivity index is 2.37. The lowest BCUT2D eigenvalue weighted by Gasteiger charge is -2.16. The van der Waals surface area contributed by atoms with Gasteiger partial charge >= 0.3 is 5.97 Å². The van der Waals surface area contributed by atoms with Gasteiger partial charge in [0.1, 0.15) is 0 Å². The minimum Gasteiger partial charge on any atom is -0.481 e. The van der Waals surface area contributed by atoms with Crippen molar-refractivity contribution < 1.29 is 23.9 Å². The third-order valence-electron chi connectivity index (χ3n) is 2.85. The highest BCUT2D eigenvalue weighted by Gasteiger charge is 2.22. The standard InChI is InChI=1S/C13H17BrN2O5/c1-7(2)8(13(19)20)5-15-11(17)6-16-12(18)9-3-4-10(14)21-9/h3-4,7-8H,5-6H2,1-2H3,(H,15,17)(H,16,18)(H,19,20). The zero-order valence-corrected chi connectivity index (χ0v) is 13.3. The van der Waals surface area contributed by atoms with Crippen LogP contribution in [-0.2, 0) is 9.59 Å². The average Bonchev–Trinajstić information content (AvgIpc) is 2.82. The van der Waals surface area contributed by atoms with Gasteiger partial charge in [-0.3, -0.25) is 14.4 Å². The SMILES string of the molecule is CC(C)C(CNC(=O)CNC(=O)c1ccc(Br)o1)C(=O)O. The molecule has 0 spiro atoms. The fourth-order valence-corrected chi connectivity index (χ4v) is 1.89. The van der Waals surface area contributed by atoms with E-state index >= 15 is 0 Å². The zero-order valence-electron chi connectivity index (χ0n) is 11.7. The van der Waals surface area contributed by atoms with Crippen LogP contribution in [0.15, 0.2) is 21.2 Å². The van der Waals surface area contributed by atoms with E-state index in [0.717, 1.165) is 0 Å². The van der Waals surface area contributed by atoms with Crippen molar-refractivity contribution in [1.82, 2.24) is 10.6 Å². The molecule has 1 heterocycles. The van der Waals surface area contributed by atoms with Crippen molar-refractivity contribution in [2.75, 3.05) is 13.1 Å². The van der Waals surface area contributed by atoms with Crippen molar-refractivity contribution in [3.63, 3.8) is 0 Å². The van der Waals surface area contributed by atoms with Crippen LogP contribution in [0.5, 0.6) is 0 Å². The summed E-state index contributed by atoms with van der Waals surface area (Å²) in [5, 5.41) is 13.9. The van der Waals surface area contributed by atoms with Crippen LogP contribution in [0.1, 0.15) is 24.4 Å². The summed E-state index contributed by atoms with van der Waals surface area (Å²) in [4.78, 5) is 34.2. The van der Waals surface area contributed by atoms with Crippen molar-refractivity contribution in [2.45, 2.75) is 13.8 Å². The number of hydrogen-bond donors (Lipinski definition) is 3. The largest absolute Gasteiger partial charge is 0.481 e. The van der Waals surface area contributed by atoms with Crippen LogP contribution < -0.4 is 10.6 Å². The summed E-state index contributed by atoms with van der Waals surface area (Å²) in [7, 11) is 0. The molecule has 0 aromatic carbocycles. The van der Waals surface area contributed by atoms with Gasteiger partial charge in [0.25, 0.3) is 5.91 Å². The average molecular weight is 361 g/mol. The first-order valence-corrected chi connectivity index (χ1v) is 7.13. The van der Waals surface area contributed by atoms with Gasteiger partial charge in [0.05, 0.1) is 12.5 Å². The minimum absolute atomic E-state index is 0.0218. The molecular formula is C13H17BrN2O5. The molecule has 21 heavy (non-hydrogen) atoms.